The number of fused-ring (bicyclic) bond motifs is 9. The Hall–Kier alpha value is -7.16. The van der Waals surface area contributed by atoms with Gasteiger partial charge in [0.05, 0.1) is 0 Å². The van der Waals surface area contributed by atoms with Crippen LogP contribution in [0.3, 0.4) is 0 Å². The first-order chi connectivity index (χ1) is 26.7. The molecule has 0 N–H and O–H groups in total. The monoisotopic (exact) mass is 687 g/mol. The second-order valence-corrected chi connectivity index (χ2v) is 14.1. The van der Waals surface area contributed by atoms with Crippen LogP contribution in [0.2, 0.25) is 0 Å². The van der Waals surface area contributed by atoms with Crippen LogP contribution in [0.5, 0.6) is 0 Å². The SMILES string of the molecule is c1ccc2c(-c3ccc(N(c4ccc(-c5ccc6ccc7ccccc7c6c5)cc4)c4ccc5oc6c7ccccc7ccc6c5c4)cc3)cccc2c1. The van der Waals surface area contributed by atoms with Crippen molar-refractivity contribution >= 4 is 82.1 Å². The third kappa shape index (κ3) is 4.96. The molecule has 10 aromatic carbocycles. The Morgan fingerprint density at radius 1 is 0.296 bits per heavy atom. The van der Waals surface area contributed by atoms with Crippen LogP contribution in [0.1, 0.15) is 0 Å². The minimum Gasteiger partial charge on any atom is -0.455 e. The summed E-state index contributed by atoms with van der Waals surface area (Å²) in [6, 6.07) is 72.3. The van der Waals surface area contributed by atoms with E-state index in [-0.39, 0.29) is 0 Å². The van der Waals surface area contributed by atoms with Gasteiger partial charge in [-0.15, -0.1) is 0 Å². The van der Waals surface area contributed by atoms with Gasteiger partial charge in [0.15, 0.2) is 0 Å². The number of hydrogen-bond donors (Lipinski definition) is 0. The molecule has 11 rings (SSSR count). The number of furan rings is 1. The normalized spacial score (nSPS) is 11.7. The Balaban J connectivity index is 1.04. The average molecular weight is 688 g/mol. The van der Waals surface area contributed by atoms with Crippen molar-refractivity contribution < 1.29 is 4.42 Å². The van der Waals surface area contributed by atoms with Crippen LogP contribution < -0.4 is 4.90 Å². The van der Waals surface area contributed by atoms with Crippen molar-refractivity contribution in [2.24, 2.45) is 0 Å². The lowest BCUT2D eigenvalue weighted by atomic mass is 9.97. The molecule has 2 heteroatoms. The van der Waals surface area contributed by atoms with E-state index in [1.54, 1.807) is 0 Å². The number of hydrogen-bond acceptors (Lipinski definition) is 2. The summed E-state index contributed by atoms with van der Waals surface area (Å²) in [4.78, 5) is 2.35. The molecule has 252 valence electrons. The van der Waals surface area contributed by atoms with Gasteiger partial charge in [0.1, 0.15) is 11.2 Å². The van der Waals surface area contributed by atoms with Crippen LogP contribution in [0.4, 0.5) is 17.1 Å². The van der Waals surface area contributed by atoms with E-state index in [2.05, 4.69) is 205 Å². The van der Waals surface area contributed by atoms with Crippen molar-refractivity contribution in [1.29, 1.82) is 0 Å². The van der Waals surface area contributed by atoms with Gasteiger partial charge in [-0.25, -0.2) is 0 Å². The standard InChI is InChI=1S/C52H33NO/c1-4-12-44-35(8-1)11-7-15-45(44)38-22-27-42(28-23-38)53(43-29-31-51-50(33-43)48-30-24-37-10-3-6-14-47(37)52(48)54-51)41-25-20-34(21-26-41)40-19-18-39-17-16-36-9-2-5-13-46(36)49(39)32-40/h1-33H. The van der Waals surface area contributed by atoms with Crippen LogP contribution in [0.25, 0.3) is 87.3 Å². The molecule has 0 radical (unpaired) electrons. The molecule has 1 heterocycles. The van der Waals surface area contributed by atoms with Crippen molar-refractivity contribution in [1.82, 2.24) is 0 Å². The van der Waals surface area contributed by atoms with Gasteiger partial charge >= 0.3 is 0 Å². The van der Waals surface area contributed by atoms with Gasteiger partial charge < -0.3 is 9.32 Å². The average Bonchev–Trinajstić information content (AvgIpc) is 3.62. The Morgan fingerprint density at radius 2 is 0.833 bits per heavy atom. The zero-order valence-corrected chi connectivity index (χ0v) is 29.4. The molecule has 0 atom stereocenters. The largest absolute Gasteiger partial charge is 0.455 e. The molecule has 0 aliphatic heterocycles. The van der Waals surface area contributed by atoms with E-state index in [0.717, 1.165) is 44.4 Å². The number of anilines is 3. The highest BCUT2D eigenvalue weighted by Crippen LogP contribution is 2.42. The topological polar surface area (TPSA) is 16.4 Å². The molecule has 0 unspecified atom stereocenters. The van der Waals surface area contributed by atoms with Gasteiger partial charge in [-0.2, -0.15) is 0 Å². The predicted molar refractivity (Wildman–Crippen MR) is 229 cm³/mol. The van der Waals surface area contributed by atoms with Crippen molar-refractivity contribution in [2.75, 3.05) is 4.90 Å². The van der Waals surface area contributed by atoms with E-state index >= 15 is 0 Å². The minimum atomic E-state index is 0.885. The highest BCUT2D eigenvalue weighted by Gasteiger charge is 2.17. The number of rotatable bonds is 5. The first-order valence-corrected chi connectivity index (χ1v) is 18.5. The smallest absolute Gasteiger partial charge is 0.143 e. The van der Waals surface area contributed by atoms with Crippen LogP contribution in [-0.4, -0.2) is 0 Å². The second kappa shape index (κ2) is 12.2. The molecule has 0 aliphatic carbocycles. The third-order valence-electron chi connectivity index (χ3n) is 11.0. The summed E-state index contributed by atoms with van der Waals surface area (Å²) in [6.07, 6.45) is 0. The molecule has 1 aromatic heterocycles. The molecule has 2 nitrogen and oxygen atoms in total. The van der Waals surface area contributed by atoms with E-state index in [1.807, 2.05) is 0 Å². The fraction of sp³-hybridized carbons (Fsp3) is 0. The van der Waals surface area contributed by atoms with E-state index in [0.29, 0.717) is 0 Å². The fourth-order valence-corrected chi connectivity index (χ4v) is 8.33. The highest BCUT2D eigenvalue weighted by atomic mass is 16.3. The fourth-order valence-electron chi connectivity index (χ4n) is 8.33. The first kappa shape index (κ1) is 30.5. The number of benzene rings is 10. The summed E-state index contributed by atoms with van der Waals surface area (Å²) in [6.45, 7) is 0. The molecule has 54 heavy (non-hydrogen) atoms. The van der Waals surface area contributed by atoms with E-state index in [4.69, 9.17) is 4.42 Å². The molecule has 0 bridgehead atoms. The molecule has 0 aliphatic rings. The van der Waals surface area contributed by atoms with Gasteiger partial charge in [0.25, 0.3) is 0 Å². The molecular formula is C52H33NO. The van der Waals surface area contributed by atoms with Gasteiger partial charge in [-0.3, -0.25) is 0 Å². The van der Waals surface area contributed by atoms with Crippen molar-refractivity contribution in [3.05, 3.63) is 200 Å². The Labute approximate surface area is 312 Å². The molecular weight excluding hydrogens is 655 g/mol. The van der Waals surface area contributed by atoms with E-state index in [1.165, 1.54) is 60.0 Å². The molecule has 0 amide bonds. The van der Waals surface area contributed by atoms with Gasteiger partial charge in [0.2, 0.25) is 0 Å². The van der Waals surface area contributed by atoms with Crippen molar-refractivity contribution in [3.8, 4) is 22.3 Å². The third-order valence-corrected chi connectivity index (χ3v) is 11.0. The van der Waals surface area contributed by atoms with E-state index in [9.17, 15) is 0 Å². The molecule has 0 spiro atoms. The van der Waals surface area contributed by atoms with Gasteiger partial charge in [-0.05, 0) is 115 Å². The lowest BCUT2D eigenvalue weighted by molar-refractivity contribution is 0.672. The zero-order chi connectivity index (χ0) is 35.6. The first-order valence-electron chi connectivity index (χ1n) is 18.5. The maximum atomic E-state index is 6.52. The van der Waals surface area contributed by atoms with Crippen LogP contribution in [0, 0.1) is 0 Å². The molecule has 0 saturated heterocycles. The lowest BCUT2D eigenvalue weighted by Crippen LogP contribution is -2.09. The second-order valence-electron chi connectivity index (χ2n) is 14.1. The zero-order valence-electron chi connectivity index (χ0n) is 29.4. The van der Waals surface area contributed by atoms with Crippen LogP contribution >= 0.6 is 0 Å². The van der Waals surface area contributed by atoms with Gasteiger partial charge in [0, 0.05) is 33.2 Å². The van der Waals surface area contributed by atoms with Crippen LogP contribution in [0.15, 0.2) is 205 Å². The van der Waals surface area contributed by atoms with Crippen molar-refractivity contribution in [3.63, 3.8) is 0 Å². The van der Waals surface area contributed by atoms with Crippen LogP contribution in [-0.2, 0) is 0 Å². The van der Waals surface area contributed by atoms with Crippen molar-refractivity contribution in [2.45, 2.75) is 0 Å². The number of nitrogens with zero attached hydrogens (tertiary/aromatic N) is 1. The highest BCUT2D eigenvalue weighted by molar-refractivity contribution is 6.16. The minimum absolute atomic E-state index is 0.885. The maximum absolute atomic E-state index is 6.52. The maximum Gasteiger partial charge on any atom is 0.143 e. The predicted octanol–water partition coefficient (Wildman–Crippen LogP) is 15.0. The summed E-state index contributed by atoms with van der Waals surface area (Å²) < 4.78 is 6.52. The lowest BCUT2D eigenvalue weighted by Gasteiger charge is -2.26. The summed E-state index contributed by atoms with van der Waals surface area (Å²) in [7, 11) is 0. The molecule has 0 saturated carbocycles. The summed E-state index contributed by atoms with van der Waals surface area (Å²) >= 11 is 0. The molecule has 0 fully saturated rings. The Kier molecular flexibility index (Phi) is 6.90. The molecule has 11 aromatic rings. The Bertz CT molecular complexity index is 3200. The van der Waals surface area contributed by atoms with Gasteiger partial charge in [-0.1, -0.05) is 146 Å². The Morgan fingerprint density at radius 3 is 1.59 bits per heavy atom. The quantitative estimate of drug-likeness (QED) is 0.168. The van der Waals surface area contributed by atoms with E-state index < -0.39 is 0 Å². The summed E-state index contributed by atoms with van der Waals surface area (Å²) in [5.41, 5.74) is 9.87. The summed E-state index contributed by atoms with van der Waals surface area (Å²) in [5.74, 6) is 0. The summed E-state index contributed by atoms with van der Waals surface area (Å²) in [5, 5.41) is 12.1.